The van der Waals surface area contributed by atoms with E-state index in [1.165, 1.54) is 5.56 Å². The summed E-state index contributed by atoms with van der Waals surface area (Å²) in [6, 6.07) is 9.04. The third-order valence-corrected chi connectivity index (χ3v) is 4.90. The van der Waals surface area contributed by atoms with Crippen LogP contribution in [0.3, 0.4) is 0 Å². The molecule has 2 N–H and O–H groups in total. The second-order valence-electron chi connectivity index (χ2n) is 5.44. The minimum absolute atomic E-state index is 0.0993. The SMILES string of the molecule is CCC(N)C(c1ccccc1OC)N(C)C(CC)CSC. The topological polar surface area (TPSA) is 38.5 Å². The third kappa shape index (κ3) is 4.63. The van der Waals surface area contributed by atoms with Crippen LogP contribution in [0.25, 0.3) is 0 Å². The molecule has 3 atom stereocenters. The van der Waals surface area contributed by atoms with Crippen LogP contribution in [0.5, 0.6) is 5.75 Å². The van der Waals surface area contributed by atoms with Gasteiger partial charge in [0.1, 0.15) is 5.75 Å². The molecule has 0 radical (unpaired) electrons. The molecule has 3 nitrogen and oxygen atoms in total. The van der Waals surface area contributed by atoms with Crippen LogP contribution in [0.4, 0.5) is 0 Å². The van der Waals surface area contributed by atoms with E-state index in [4.69, 9.17) is 10.5 Å². The van der Waals surface area contributed by atoms with Gasteiger partial charge in [0.25, 0.3) is 0 Å². The van der Waals surface area contributed by atoms with E-state index >= 15 is 0 Å². The van der Waals surface area contributed by atoms with Gasteiger partial charge < -0.3 is 10.5 Å². The first kappa shape index (κ1) is 18.3. The fourth-order valence-corrected chi connectivity index (χ4v) is 3.68. The zero-order chi connectivity index (χ0) is 15.8. The number of hydrogen-bond donors (Lipinski definition) is 1. The van der Waals surface area contributed by atoms with E-state index in [9.17, 15) is 0 Å². The van der Waals surface area contributed by atoms with Crippen molar-refractivity contribution in [3.8, 4) is 5.75 Å². The van der Waals surface area contributed by atoms with Crippen molar-refractivity contribution < 1.29 is 4.74 Å². The Labute approximate surface area is 134 Å². The van der Waals surface area contributed by atoms with Crippen LogP contribution < -0.4 is 10.5 Å². The Morgan fingerprint density at radius 3 is 2.43 bits per heavy atom. The molecule has 1 rings (SSSR count). The number of benzene rings is 1. The summed E-state index contributed by atoms with van der Waals surface area (Å²) in [5.74, 6) is 2.05. The van der Waals surface area contributed by atoms with Gasteiger partial charge in [-0.3, -0.25) is 4.90 Å². The molecular weight excluding hydrogens is 280 g/mol. The van der Waals surface area contributed by atoms with Gasteiger partial charge in [0, 0.05) is 23.4 Å². The lowest BCUT2D eigenvalue weighted by Gasteiger charge is -2.38. The summed E-state index contributed by atoms with van der Waals surface area (Å²) in [7, 11) is 3.92. The Morgan fingerprint density at radius 2 is 1.90 bits per heavy atom. The fourth-order valence-electron chi connectivity index (χ4n) is 2.83. The zero-order valence-electron chi connectivity index (χ0n) is 14.0. The molecule has 1 aromatic rings. The average molecular weight is 311 g/mol. The lowest BCUT2D eigenvalue weighted by Crippen LogP contribution is -2.44. The number of likely N-dealkylation sites (N-methyl/N-ethyl adjacent to an activating group) is 1. The van der Waals surface area contributed by atoms with Crippen LogP contribution in [0.2, 0.25) is 0 Å². The van der Waals surface area contributed by atoms with E-state index in [1.54, 1.807) is 7.11 Å². The van der Waals surface area contributed by atoms with E-state index in [0.29, 0.717) is 6.04 Å². The monoisotopic (exact) mass is 310 g/mol. The number of methoxy groups -OCH3 is 1. The minimum atomic E-state index is 0.0993. The molecule has 0 heterocycles. The van der Waals surface area contributed by atoms with Crippen LogP contribution in [0.15, 0.2) is 24.3 Å². The van der Waals surface area contributed by atoms with E-state index in [0.717, 1.165) is 24.3 Å². The first-order valence-corrected chi connectivity index (χ1v) is 9.09. The first-order chi connectivity index (χ1) is 10.1. The molecule has 0 spiro atoms. The molecule has 0 aliphatic rings. The second kappa shape index (κ2) is 9.34. The lowest BCUT2D eigenvalue weighted by molar-refractivity contribution is 0.154. The molecule has 4 heteroatoms. The standard InChI is InChI=1S/C17H30N2OS/c1-6-13(12-21-5)19(3)17(15(18)7-2)14-10-8-9-11-16(14)20-4/h8-11,13,15,17H,6-7,12,18H2,1-5H3. The molecule has 0 saturated heterocycles. The lowest BCUT2D eigenvalue weighted by atomic mass is 9.94. The Kier molecular flexibility index (Phi) is 8.15. The van der Waals surface area contributed by atoms with Gasteiger partial charge in [-0.05, 0) is 32.2 Å². The van der Waals surface area contributed by atoms with Crippen LogP contribution in [0.1, 0.15) is 38.3 Å². The molecule has 120 valence electrons. The molecule has 21 heavy (non-hydrogen) atoms. The Balaban J connectivity index is 3.16. The number of rotatable bonds is 9. The Bertz CT molecular complexity index is 414. The normalized spacial score (nSPS) is 15.8. The van der Waals surface area contributed by atoms with E-state index in [2.05, 4.69) is 44.2 Å². The molecule has 0 fully saturated rings. The highest BCUT2D eigenvalue weighted by Gasteiger charge is 2.29. The summed E-state index contributed by atoms with van der Waals surface area (Å²) < 4.78 is 5.56. The summed E-state index contributed by atoms with van der Waals surface area (Å²) in [6.07, 6.45) is 4.23. The summed E-state index contributed by atoms with van der Waals surface area (Å²) in [6.45, 7) is 4.39. The molecule has 3 unspecified atom stereocenters. The number of hydrogen-bond acceptors (Lipinski definition) is 4. The number of thioether (sulfide) groups is 1. The summed E-state index contributed by atoms with van der Waals surface area (Å²) >= 11 is 1.89. The highest BCUT2D eigenvalue weighted by molar-refractivity contribution is 7.98. The molecule has 0 aromatic heterocycles. The molecule has 1 aromatic carbocycles. The maximum absolute atomic E-state index is 6.46. The van der Waals surface area contributed by atoms with Gasteiger partial charge in [0.2, 0.25) is 0 Å². The van der Waals surface area contributed by atoms with Crippen molar-refractivity contribution >= 4 is 11.8 Å². The molecule has 0 saturated carbocycles. The predicted octanol–water partition coefficient (Wildman–Crippen LogP) is 3.55. The van der Waals surface area contributed by atoms with Crippen molar-refractivity contribution in [1.29, 1.82) is 0 Å². The number of nitrogens with zero attached hydrogens (tertiary/aromatic N) is 1. The van der Waals surface area contributed by atoms with Crippen molar-refractivity contribution in [3.05, 3.63) is 29.8 Å². The van der Waals surface area contributed by atoms with Crippen molar-refractivity contribution in [2.24, 2.45) is 5.73 Å². The molecule has 0 bridgehead atoms. The number of ether oxygens (including phenoxy) is 1. The van der Waals surface area contributed by atoms with E-state index < -0.39 is 0 Å². The van der Waals surface area contributed by atoms with E-state index in [-0.39, 0.29) is 12.1 Å². The van der Waals surface area contributed by atoms with Crippen LogP contribution in [-0.4, -0.2) is 43.1 Å². The third-order valence-electron chi connectivity index (χ3n) is 4.18. The molecule has 0 amide bonds. The summed E-state index contributed by atoms with van der Waals surface area (Å²) in [5, 5.41) is 0. The molecule has 0 aliphatic carbocycles. The smallest absolute Gasteiger partial charge is 0.123 e. The Hall–Kier alpha value is -0.710. The molecule has 0 aliphatic heterocycles. The quantitative estimate of drug-likeness (QED) is 0.757. The second-order valence-corrected chi connectivity index (χ2v) is 6.35. The summed E-state index contributed by atoms with van der Waals surface area (Å²) in [4.78, 5) is 2.43. The molecular formula is C17H30N2OS. The maximum Gasteiger partial charge on any atom is 0.123 e. The van der Waals surface area contributed by atoms with Gasteiger partial charge in [-0.15, -0.1) is 0 Å². The van der Waals surface area contributed by atoms with Crippen molar-refractivity contribution in [1.82, 2.24) is 4.90 Å². The van der Waals surface area contributed by atoms with Gasteiger partial charge in [0.05, 0.1) is 13.2 Å². The maximum atomic E-state index is 6.46. The largest absolute Gasteiger partial charge is 0.496 e. The van der Waals surface area contributed by atoms with Gasteiger partial charge >= 0.3 is 0 Å². The highest BCUT2D eigenvalue weighted by atomic mass is 32.2. The Morgan fingerprint density at radius 1 is 1.24 bits per heavy atom. The average Bonchev–Trinajstić information content (AvgIpc) is 2.52. The predicted molar refractivity (Wildman–Crippen MR) is 94.2 cm³/mol. The van der Waals surface area contributed by atoms with Crippen LogP contribution in [0, 0.1) is 0 Å². The zero-order valence-corrected chi connectivity index (χ0v) is 14.8. The van der Waals surface area contributed by atoms with Gasteiger partial charge in [0.15, 0.2) is 0 Å². The van der Waals surface area contributed by atoms with Crippen molar-refractivity contribution in [3.63, 3.8) is 0 Å². The number of nitrogens with two attached hydrogens (primary N) is 1. The van der Waals surface area contributed by atoms with Crippen LogP contribution >= 0.6 is 11.8 Å². The fraction of sp³-hybridized carbons (Fsp3) is 0.647. The van der Waals surface area contributed by atoms with Gasteiger partial charge in [-0.2, -0.15) is 11.8 Å². The summed E-state index contributed by atoms with van der Waals surface area (Å²) in [5.41, 5.74) is 7.65. The van der Waals surface area contributed by atoms with Gasteiger partial charge in [-0.25, -0.2) is 0 Å². The van der Waals surface area contributed by atoms with E-state index in [1.807, 2.05) is 23.9 Å². The number of para-hydroxylation sites is 1. The van der Waals surface area contributed by atoms with Crippen molar-refractivity contribution in [2.45, 2.75) is 44.8 Å². The van der Waals surface area contributed by atoms with Crippen molar-refractivity contribution in [2.75, 3.05) is 26.2 Å². The first-order valence-electron chi connectivity index (χ1n) is 7.69. The minimum Gasteiger partial charge on any atom is -0.496 e. The van der Waals surface area contributed by atoms with Crippen LogP contribution in [-0.2, 0) is 0 Å². The van der Waals surface area contributed by atoms with Gasteiger partial charge in [-0.1, -0.05) is 32.0 Å². The highest BCUT2D eigenvalue weighted by Crippen LogP contribution is 2.33.